The molecule has 1 aromatic carbocycles. The number of hydrogen-bond donors (Lipinski definition) is 2. The van der Waals surface area contributed by atoms with Gasteiger partial charge in [0.05, 0.1) is 16.6 Å². The van der Waals surface area contributed by atoms with Gasteiger partial charge in [0.1, 0.15) is 11.5 Å². The van der Waals surface area contributed by atoms with Crippen molar-refractivity contribution in [3.05, 3.63) is 64.5 Å². The molecule has 0 unspecified atom stereocenters. The molecular weight excluding hydrogens is 370 g/mol. The molecule has 0 spiro atoms. The van der Waals surface area contributed by atoms with Crippen LogP contribution in [0.4, 0.5) is 11.5 Å². The number of nitrogens with one attached hydrogen (secondary N) is 2. The zero-order valence-corrected chi connectivity index (χ0v) is 16.2. The summed E-state index contributed by atoms with van der Waals surface area (Å²) in [6, 6.07) is 13.8. The van der Waals surface area contributed by atoms with Crippen LogP contribution in [0.2, 0.25) is 0 Å². The maximum atomic E-state index is 12.5. The highest BCUT2D eigenvalue weighted by Crippen LogP contribution is 2.24. The molecule has 1 aliphatic carbocycles. The van der Waals surface area contributed by atoms with Gasteiger partial charge in [-0.15, -0.1) is 0 Å². The Kier molecular flexibility index (Phi) is 5.16. The van der Waals surface area contributed by atoms with Crippen LogP contribution in [0.25, 0.3) is 10.9 Å². The number of benzene rings is 1. The molecule has 1 fully saturated rings. The Labute approximate surface area is 168 Å². The first-order valence-corrected chi connectivity index (χ1v) is 9.73. The molecule has 0 bridgehead atoms. The largest absolute Gasteiger partial charge is 0.367 e. The number of anilines is 1. The topological polar surface area (TPSA) is 102 Å². The van der Waals surface area contributed by atoms with E-state index in [9.17, 15) is 14.9 Å². The van der Waals surface area contributed by atoms with Gasteiger partial charge in [-0.2, -0.15) is 0 Å². The standard InChI is InChI=1S/C21H23N5O3/c1-25-13-17(26(28)29)12-19(25)21(27)23-16-9-7-15(8-10-16)22-20-11-6-14-4-2-3-5-18(14)24-20/h2-6,11-13,15-16H,7-10H2,1H3,(H,22,24)(H,23,27). The molecule has 2 heterocycles. The number of hydrogen-bond acceptors (Lipinski definition) is 5. The summed E-state index contributed by atoms with van der Waals surface area (Å²) in [5.41, 5.74) is 1.20. The van der Waals surface area contributed by atoms with Gasteiger partial charge in [0.25, 0.3) is 11.6 Å². The van der Waals surface area contributed by atoms with E-state index >= 15 is 0 Å². The lowest BCUT2D eigenvalue weighted by Crippen LogP contribution is -2.40. The van der Waals surface area contributed by atoms with Crippen LogP contribution in [0.3, 0.4) is 0 Å². The molecule has 150 valence electrons. The number of para-hydroxylation sites is 1. The molecule has 4 rings (SSSR count). The van der Waals surface area contributed by atoms with Gasteiger partial charge in [0, 0.05) is 30.6 Å². The summed E-state index contributed by atoms with van der Waals surface area (Å²) < 4.78 is 1.49. The summed E-state index contributed by atoms with van der Waals surface area (Å²) in [6.45, 7) is 0. The lowest BCUT2D eigenvalue weighted by Gasteiger charge is -2.30. The highest BCUT2D eigenvalue weighted by molar-refractivity contribution is 5.93. The van der Waals surface area contributed by atoms with Crippen LogP contribution in [-0.2, 0) is 7.05 Å². The number of nitro groups is 1. The van der Waals surface area contributed by atoms with Crippen molar-refractivity contribution in [1.29, 1.82) is 0 Å². The van der Waals surface area contributed by atoms with E-state index in [0.29, 0.717) is 11.7 Å². The fourth-order valence-corrected chi connectivity index (χ4v) is 3.87. The zero-order valence-electron chi connectivity index (χ0n) is 16.2. The van der Waals surface area contributed by atoms with Gasteiger partial charge in [-0.3, -0.25) is 14.9 Å². The summed E-state index contributed by atoms with van der Waals surface area (Å²) in [7, 11) is 1.64. The van der Waals surface area contributed by atoms with E-state index < -0.39 is 4.92 Å². The van der Waals surface area contributed by atoms with Gasteiger partial charge in [-0.25, -0.2) is 4.98 Å². The van der Waals surface area contributed by atoms with Crippen molar-refractivity contribution in [1.82, 2.24) is 14.9 Å². The maximum absolute atomic E-state index is 12.5. The third-order valence-corrected chi connectivity index (χ3v) is 5.45. The minimum absolute atomic E-state index is 0.0686. The molecule has 8 nitrogen and oxygen atoms in total. The first-order valence-electron chi connectivity index (χ1n) is 9.73. The third kappa shape index (κ3) is 4.21. The van der Waals surface area contributed by atoms with Gasteiger partial charge in [-0.05, 0) is 43.9 Å². The van der Waals surface area contributed by atoms with Gasteiger partial charge >= 0.3 is 0 Å². The minimum Gasteiger partial charge on any atom is -0.367 e. The van der Waals surface area contributed by atoms with Crippen LogP contribution in [0.5, 0.6) is 0 Å². The maximum Gasteiger partial charge on any atom is 0.287 e. The van der Waals surface area contributed by atoms with Crippen molar-refractivity contribution in [2.24, 2.45) is 7.05 Å². The second kappa shape index (κ2) is 7.90. The lowest BCUT2D eigenvalue weighted by atomic mass is 9.91. The Balaban J connectivity index is 1.32. The number of nitrogens with zero attached hydrogens (tertiary/aromatic N) is 3. The molecule has 2 N–H and O–H groups in total. The Morgan fingerprint density at radius 1 is 1.14 bits per heavy atom. The molecule has 1 aliphatic rings. The van der Waals surface area contributed by atoms with Crippen LogP contribution in [0.15, 0.2) is 48.7 Å². The van der Waals surface area contributed by atoms with Crippen molar-refractivity contribution in [3.8, 4) is 0 Å². The smallest absolute Gasteiger partial charge is 0.287 e. The second-order valence-electron chi connectivity index (χ2n) is 7.51. The van der Waals surface area contributed by atoms with Gasteiger partial charge in [0.2, 0.25) is 0 Å². The molecule has 0 saturated heterocycles. The molecule has 8 heteroatoms. The fraction of sp³-hybridized carbons (Fsp3) is 0.333. The van der Waals surface area contributed by atoms with Crippen LogP contribution in [0, 0.1) is 10.1 Å². The van der Waals surface area contributed by atoms with Crippen LogP contribution >= 0.6 is 0 Å². The van der Waals surface area contributed by atoms with E-state index in [-0.39, 0.29) is 17.6 Å². The van der Waals surface area contributed by atoms with E-state index in [2.05, 4.69) is 21.7 Å². The predicted molar refractivity (Wildman–Crippen MR) is 111 cm³/mol. The zero-order chi connectivity index (χ0) is 20.4. The van der Waals surface area contributed by atoms with Crippen LogP contribution < -0.4 is 10.6 Å². The average Bonchev–Trinajstić information content (AvgIpc) is 3.11. The normalized spacial score (nSPS) is 19.1. The number of aryl methyl sites for hydroxylation is 1. The fourth-order valence-electron chi connectivity index (χ4n) is 3.87. The van der Waals surface area contributed by atoms with Gasteiger partial charge in [0.15, 0.2) is 0 Å². The summed E-state index contributed by atoms with van der Waals surface area (Å²) in [4.78, 5) is 27.5. The van der Waals surface area contributed by atoms with Crippen molar-refractivity contribution in [2.75, 3.05) is 5.32 Å². The molecule has 29 heavy (non-hydrogen) atoms. The Hall–Kier alpha value is -3.42. The predicted octanol–water partition coefficient (Wildman–Crippen LogP) is 3.63. The highest BCUT2D eigenvalue weighted by Gasteiger charge is 2.25. The molecule has 0 aliphatic heterocycles. The third-order valence-electron chi connectivity index (χ3n) is 5.45. The molecule has 0 radical (unpaired) electrons. The molecule has 3 aromatic rings. The number of aromatic nitrogens is 2. The summed E-state index contributed by atoms with van der Waals surface area (Å²) >= 11 is 0. The number of pyridine rings is 1. The summed E-state index contributed by atoms with van der Waals surface area (Å²) in [5.74, 6) is 0.598. The van der Waals surface area contributed by atoms with E-state index in [0.717, 1.165) is 42.4 Å². The molecule has 1 amide bonds. The summed E-state index contributed by atoms with van der Waals surface area (Å²) in [6.07, 6.45) is 4.90. The van der Waals surface area contributed by atoms with Crippen molar-refractivity contribution < 1.29 is 9.72 Å². The first kappa shape index (κ1) is 18.9. The molecule has 2 aromatic heterocycles. The monoisotopic (exact) mass is 393 g/mol. The molecular formula is C21H23N5O3. The Morgan fingerprint density at radius 3 is 2.59 bits per heavy atom. The average molecular weight is 393 g/mol. The van der Waals surface area contributed by atoms with Gasteiger partial charge in [-0.1, -0.05) is 18.2 Å². The number of fused-ring (bicyclic) bond motifs is 1. The number of rotatable bonds is 5. The summed E-state index contributed by atoms with van der Waals surface area (Å²) in [5, 5.41) is 18.5. The van der Waals surface area contributed by atoms with Crippen molar-refractivity contribution >= 4 is 28.3 Å². The van der Waals surface area contributed by atoms with Crippen LogP contribution in [-0.4, -0.2) is 32.5 Å². The van der Waals surface area contributed by atoms with Gasteiger partial charge < -0.3 is 15.2 Å². The SMILES string of the molecule is Cn1cc([N+](=O)[O-])cc1C(=O)NC1CCC(Nc2ccc3ccccc3n2)CC1. The second-order valence-corrected chi connectivity index (χ2v) is 7.51. The molecule has 1 saturated carbocycles. The number of amides is 1. The quantitative estimate of drug-likeness (QED) is 0.509. The van der Waals surface area contributed by atoms with E-state index in [1.807, 2.05) is 30.3 Å². The lowest BCUT2D eigenvalue weighted by molar-refractivity contribution is -0.384. The minimum atomic E-state index is -0.492. The van der Waals surface area contributed by atoms with E-state index in [1.165, 1.54) is 16.8 Å². The van der Waals surface area contributed by atoms with E-state index in [4.69, 9.17) is 0 Å². The molecule has 0 atom stereocenters. The van der Waals surface area contributed by atoms with Crippen LogP contribution in [0.1, 0.15) is 36.2 Å². The number of carbonyl (C=O) groups is 1. The van der Waals surface area contributed by atoms with E-state index in [1.54, 1.807) is 7.05 Å². The van der Waals surface area contributed by atoms with Crippen molar-refractivity contribution in [3.63, 3.8) is 0 Å². The highest BCUT2D eigenvalue weighted by atomic mass is 16.6. The van der Waals surface area contributed by atoms with Crippen molar-refractivity contribution in [2.45, 2.75) is 37.8 Å². The Bertz CT molecular complexity index is 1050. The number of carbonyl (C=O) groups excluding carboxylic acids is 1. The first-order chi connectivity index (χ1) is 14.0. The Morgan fingerprint density at radius 2 is 1.86 bits per heavy atom.